The molecule has 0 spiro atoms. The van der Waals surface area contributed by atoms with Gasteiger partial charge < -0.3 is 20.6 Å². The molecule has 2 heterocycles. The Hall–Kier alpha value is -3.71. The van der Waals surface area contributed by atoms with E-state index in [1.54, 1.807) is 12.1 Å². The summed E-state index contributed by atoms with van der Waals surface area (Å²) in [5.41, 5.74) is 11.8. The zero-order chi connectivity index (χ0) is 26.1. The maximum atomic E-state index is 14.6. The van der Waals surface area contributed by atoms with Crippen molar-refractivity contribution in [1.29, 1.82) is 0 Å². The Morgan fingerprint density at radius 1 is 1.11 bits per heavy atom. The van der Waals surface area contributed by atoms with Crippen molar-refractivity contribution in [2.75, 3.05) is 0 Å². The minimum atomic E-state index is -0.372. The van der Waals surface area contributed by atoms with E-state index in [0.29, 0.717) is 22.3 Å². The molecular formula is C29H33FN4O2. The van der Waals surface area contributed by atoms with Crippen molar-refractivity contribution in [3.05, 3.63) is 92.3 Å². The van der Waals surface area contributed by atoms with Crippen molar-refractivity contribution in [2.45, 2.75) is 60.2 Å². The lowest BCUT2D eigenvalue weighted by atomic mass is 9.97. The summed E-state index contributed by atoms with van der Waals surface area (Å²) in [7, 11) is 0. The maximum absolute atomic E-state index is 14.6. The van der Waals surface area contributed by atoms with Crippen molar-refractivity contribution in [3.63, 3.8) is 0 Å². The summed E-state index contributed by atoms with van der Waals surface area (Å²) in [5, 5.41) is 3.79. The van der Waals surface area contributed by atoms with E-state index >= 15 is 0 Å². The van der Waals surface area contributed by atoms with Crippen molar-refractivity contribution in [2.24, 2.45) is 5.73 Å². The molecule has 0 aliphatic heterocycles. The molecule has 1 atom stereocenters. The molecular weight excluding hydrogens is 455 g/mol. The highest BCUT2D eigenvalue weighted by Gasteiger charge is 2.20. The Bertz CT molecular complexity index is 1520. The molecule has 0 bridgehead atoms. The predicted octanol–water partition coefficient (Wildman–Crippen LogP) is 5.42. The zero-order valence-corrected chi connectivity index (χ0v) is 21.5. The fourth-order valence-electron chi connectivity index (χ4n) is 4.75. The molecule has 0 aliphatic carbocycles. The van der Waals surface area contributed by atoms with Crippen LogP contribution in [0.2, 0.25) is 0 Å². The van der Waals surface area contributed by atoms with E-state index in [9.17, 15) is 14.0 Å². The number of hydrogen-bond acceptors (Lipinski definition) is 3. The van der Waals surface area contributed by atoms with E-state index < -0.39 is 0 Å². The molecule has 4 rings (SSSR count). The second-order valence-electron chi connectivity index (χ2n) is 9.53. The molecule has 2 aromatic heterocycles. The zero-order valence-electron chi connectivity index (χ0n) is 21.5. The molecule has 188 valence electrons. The number of aryl methyl sites for hydroxylation is 3. The number of nitrogens with two attached hydrogens (primary N) is 1. The minimum absolute atomic E-state index is 0.108. The van der Waals surface area contributed by atoms with Gasteiger partial charge in [-0.3, -0.25) is 9.59 Å². The van der Waals surface area contributed by atoms with Gasteiger partial charge in [-0.25, -0.2) is 4.39 Å². The van der Waals surface area contributed by atoms with Crippen molar-refractivity contribution in [1.82, 2.24) is 14.9 Å². The molecule has 0 fully saturated rings. The smallest absolute Gasteiger partial charge is 0.253 e. The first-order chi connectivity index (χ1) is 17.1. The number of nitrogens with one attached hydrogen (secondary N) is 2. The first-order valence-corrected chi connectivity index (χ1v) is 12.3. The predicted molar refractivity (Wildman–Crippen MR) is 143 cm³/mol. The summed E-state index contributed by atoms with van der Waals surface area (Å²) in [6, 6.07) is 10.9. The van der Waals surface area contributed by atoms with Crippen LogP contribution in [0.5, 0.6) is 0 Å². The average molecular weight is 489 g/mol. The number of pyridine rings is 1. The third-order valence-electron chi connectivity index (χ3n) is 6.96. The summed E-state index contributed by atoms with van der Waals surface area (Å²) >= 11 is 0. The molecule has 0 saturated heterocycles. The van der Waals surface area contributed by atoms with Crippen LogP contribution in [0.25, 0.3) is 22.0 Å². The number of benzene rings is 2. The first-order valence-electron chi connectivity index (χ1n) is 12.3. The van der Waals surface area contributed by atoms with Crippen LogP contribution in [0.1, 0.15) is 64.6 Å². The van der Waals surface area contributed by atoms with Gasteiger partial charge in [0.15, 0.2) is 0 Å². The Morgan fingerprint density at radius 3 is 2.50 bits per heavy atom. The molecule has 4 aromatic rings. The number of carbonyl (C=O) groups excluding carboxylic acids is 1. The van der Waals surface area contributed by atoms with Gasteiger partial charge in [0.25, 0.3) is 11.5 Å². The van der Waals surface area contributed by atoms with Crippen LogP contribution in [0, 0.1) is 26.6 Å². The topological polar surface area (TPSA) is 92.9 Å². The van der Waals surface area contributed by atoms with Crippen LogP contribution < -0.4 is 16.6 Å². The van der Waals surface area contributed by atoms with E-state index in [1.165, 1.54) is 6.07 Å². The third kappa shape index (κ3) is 4.71. The number of fused-ring (bicyclic) bond motifs is 1. The van der Waals surface area contributed by atoms with E-state index in [4.69, 9.17) is 5.73 Å². The number of aromatic nitrogens is 2. The van der Waals surface area contributed by atoms with Gasteiger partial charge in [0, 0.05) is 58.6 Å². The number of nitrogens with zero attached hydrogens (tertiary/aromatic N) is 1. The standard InChI is InChI=1S/C29H33FN4O2/c1-6-19(5)34-15-17(3)27-23(28(35)32-14-24-16(2)9-18(4)33-29(24)36)10-22(12-26(27)34)20-7-8-21(13-31)25(30)11-20/h7-12,15,19H,6,13-14,31H2,1-5H3,(H,32,35)(H,33,36). The average Bonchev–Trinajstić information content (AvgIpc) is 3.18. The highest BCUT2D eigenvalue weighted by molar-refractivity contribution is 6.09. The number of rotatable bonds is 7. The number of amides is 1. The Labute approximate surface area is 210 Å². The van der Waals surface area contributed by atoms with Crippen molar-refractivity contribution < 1.29 is 9.18 Å². The lowest BCUT2D eigenvalue weighted by molar-refractivity contribution is 0.0952. The lowest BCUT2D eigenvalue weighted by Gasteiger charge is -2.16. The monoisotopic (exact) mass is 488 g/mol. The van der Waals surface area contributed by atoms with Gasteiger partial charge in [0.1, 0.15) is 5.82 Å². The number of aromatic amines is 1. The second-order valence-corrected chi connectivity index (χ2v) is 9.53. The fourth-order valence-corrected chi connectivity index (χ4v) is 4.75. The molecule has 36 heavy (non-hydrogen) atoms. The number of carbonyl (C=O) groups is 1. The maximum Gasteiger partial charge on any atom is 0.253 e. The van der Waals surface area contributed by atoms with Crippen LogP contribution >= 0.6 is 0 Å². The summed E-state index contributed by atoms with van der Waals surface area (Å²) in [4.78, 5) is 28.8. The Morgan fingerprint density at radius 2 is 1.86 bits per heavy atom. The van der Waals surface area contributed by atoms with Crippen LogP contribution in [-0.4, -0.2) is 15.5 Å². The number of hydrogen-bond donors (Lipinski definition) is 3. The number of H-pyrrole nitrogens is 1. The molecule has 0 radical (unpaired) electrons. The molecule has 4 N–H and O–H groups in total. The summed E-state index contributed by atoms with van der Waals surface area (Å²) in [6.07, 6.45) is 2.98. The van der Waals surface area contributed by atoms with Crippen LogP contribution in [-0.2, 0) is 13.1 Å². The molecule has 0 aliphatic rings. The van der Waals surface area contributed by atoms with Gasteiger partial charge in [0.05, 0.1) is 0 Å². The fraction of sp³-hybridized carbons (Fsp3) is 0.310. The normalized spacial score (nSPS) is 12.2. The van der Waals surface area contributed by atoms with E-state index in [2.05, 4.69) is 34.9 Å². The van der Waals surface area contributed by atoms with Gasteiger partial charge in [0.2, 0.25) is 0 Å². The highest BCUT2D eigenvalue weighted by Crippen LogP contribution is 2.34. The molecule has 0 saturated carbocycles. The summed E-state index contributed by atoms with van der Waals surface area (Å²) in [5.74, 6) is -0.658. The SMILES string of the molecule is CCC(C)n1cc(C)c2c(C(=O)NCc3c(C)cc(C)[nH]c3=O)cc(-c3ccc(CN)c(F)c3)cc21. The second kappa shape index (κ2) is 10.1. The Kier molecular flexibility index (Phi) is 7.13. The third-order valence-corrected chi connectivity index (χ3v) is 6.96. The van der Waals surface area contributed by atoms with Crippen molar-refractivity contribution >= 4 is 16.8 Å². The van der Waals surface area contributed by atoms with E-state index in [0.717, 1.165) is 39.7 Å². The Balaban J connectivity index is 1.83. The van der Waals surface area contributed by atoms with Gasteiger partial charge >= 0.3 is 0 Å². The van der Waals surface area contributed by atoms with Crippen LogP contribution in [0.15, 0.2) is 47.4 Å². The molecule has 1 unspecified atom stereocenters. The summed E-state index contributed by atoms with van der Waals surface area (Å²) in [6.45, 7) is 10.1. The molecule has 6 nitrogen and oxygen atoms in total. The number of halogens is 1. The van der Waals surface area contributed by atoms with Crippen molar-refractivity contribution in [3.8, 4) is 11.1 Å². The van der Waals surface area contributed by atoms with Gasteiger partial charge in [-0.05, 0) is 80.6 Å². The van der Waals surface area contributed by atoms with E-state index in [-0.39, 0.29) is 36.4 Å². The highest BCUT2D eigenvalue weighted by atomic mass is 19.1. The van der Waals surface area contributed by atoms with Crippen LogP contribution in [0.3, 0.4) is 0 Å². The van der Waals surface area contributed by atoms with E-state index in [1.807, 2.05) is 39.0 Å². The summed E-state index contributed by atoms with van der Waals surface area (Å²) < 4.78 is 16.8. The van der Waals surface area contributed by atoms with Gasteiger partial charge in [-0.2, -0.15) is 0 Å². The van der Waals surface area contributed by atoms with Gasteiger partial charge in [-0.1, -0.05) is 19.1 Å². The largest absolute Gasteiger partial charge is 0.348 e. The minimum Gasteiger partial charge on any atom is -0.348 e. The van der Waals surface area contributed by atoms with Crippen LogP contribution in [0.4, 0.5) is 4.39 Å². The quantitative estimate of drug-likeness (QED) is 0.324. The molecule has 2 aromatic carbocycles. The first kappa shape index (κ1) is 25.4. The van der Waals surface area contributed by atoms with Gasteiger partial charge in [-0.15, -0.1) is 0 Å². The molecule has 1 amide bonds. The lowest BCUT2D eigenvalue weighted by Crippen LogP contribution is -2.28. The molecule has 7 heteroatoms.